The normalized spacial score (nSPS) is 11.8. The van der Waals surface area contributed by atoms with Crippen LogP contribution in [0.25, 0.3) is 0 Å². The minimum absolute atomic E-state index is 0.215. The third-order valence-corrected chi connectivity index (χ3v) is 3.04. The molecule has 0 radical (unpaired) electrons. The second-order valence-corrected chi connectivity index (χ2v) is 4.83. The number of benzene rings is 2. The van der Waals surface area contributed by atoms with E-state index in [1.165, 1.54) is 24.3 Å². The fourth-order valence-corrected chi connectivity index (χ4v) is 1.95. The minimum atomic E-state index is -0.615. The lowest BCUT2D eigenvalue weighted by molar-refractivity contribution is -0.122. The number of ether oxygens (including phenoxy) is 1. The summed E-state index contributed by atoms with van der Waals surface area (Å²) in [7, 11) is 0. The van der Waals surface area contributed by atoms with E-state index in [-0.39, 0.29) is 11.7 Å². The van der Waals surface area contributed by atoms with E-state index >= 15 is 0 Å². The van der Waals surface area contributed by atoms with E-state index in [4.69, 9.17) is 4.74 Å². The number of anilines is 1. The summed E-state index contributed by atoms with van der Waals surface area (Å²) in [5.41, 5.74) is 1.81. The number of hydrogen-bond donors (Lipinski definition) is 1. The van der Waals surface area contributed by atoms with Gasteiger partial charge in [-0.3, -0.25) is 4.79 Å². The highest BCUT2D eigenvalue weighted by atomic mass is 19.1. The Balaban J connectivity index is 2.03. The molecule has 110 valence electrons. The predicted octanol–water partition coefficient (Wildman–Crippen LogP) is 3.93. The number of aryl methyl sites for hydroxylation is 1. The molecule has 21 heavy (non-hydrogen) atoms. The highest BCUT2D eigenvalue weighted by Crippen LogP contribution is 2.16. The van der Waals surface area contributed by atoms with Crippen LogP contribution in [0.4, 0.5) is 10.1 Å². The second kappa shape index (κ2) is 6.88. The molecule has 2 aromatic rings. The van der Waals surface area contributed by atoms with Crippen LogP contribution in [-0.4, -0.2) is 12.0 Å². The zero-order valence-corrected chi connectivity index (χ0v) is 12.1. The summed E-state index contributed by atoms with van der Waals surface area (Å²) >= 11 is 0. The molecule has 1 amide bonds. The number of hydrogen-bond acceptors (Lipinski definition) is 2. The number of nitrogens with one attached hydrogen (secondary N) is 1. The number of rotatable bonds is 5. The molecule has 0 spiro atoms. The van der Waals surface area contributed by atoms with E-state index in [1.807, 2.05) is 38.1 Å². The van der Waals surface area contributed by atoms with Gasteiger partial charge in [-0.25, -0.2) is 4.39 Å². The van der Waals surface area contributed by atoms with Crippen LogP contribution in [0.2, 0.25) is 0 Å². The van der Waals surface area contributed by atoms with Crippen molar-refractivity contribution in [2.75, 3.05) is 5.32 Å². The number of amides is 1. The molecule has 0 bridgehead atoms. The lowest BCUT2D eigenvalue weighted by atomic mass is 10.2. The van der Waals surface area contributed by atoms with Crippen molar-refractivity contribution in [3.8, 4) is 5.75 Å². The number of carbonyl (C=O) groups is 1. The van der Waals surface area contributed by atoms with Crippen LogP contribution in [0.5, 0.6) is 5.75 Å². The topological polar surface area (TPSA) is 38.3 Å². The van der Waals surface area contributed by atoms with Crippen LogP contribution < -0.4 is 10.1 Å². The van der Waals surface area contributed by atoms with Gasteiger partial charge in [0.1, 0.15) is 11.6 Å². The third-order valence-electron chi connectivity index (χ3n) is 3.04. The predicted molar refractivity (Wildman–Crippen MR) is 80.9 cm³/mol. The first-order valence-electron chi connectivity index (χ1n) is 6.88. The molecule has 0 aromatic heterocycles. The fraction of sp³-hybridized carbons (Fsp3) is 0.235. The standard InChI is InChI=1S/C17H18FNO2/c1-3-16(21-15-9-7-13(18)8-10-15)17(20)19-14-6-4-5-12(2)11-14/h4-11,16H,3H2,1-2H3,(H,19,20)/t16-/m0/s1. The molecule has 0 heterocycles. The zero-order valence-electron chi connectivity index (χ0n) is 12.1. The lowest BCUT2D eigenvalue weighted by Crippen LogP contribution is -2.32. The van der Waals surface area contributed by atoms with Crippen molar-refractivity contribution in [2.24, 2.45) is 0 Å². The first-order valence-corrected chi connectivity index (χ1v) is 6.88. The minimum Gasteiger partial charge on any atom is -0.481 e. The van der Waals surface area contributed by atoms with Crippen molar-refractivity contribution in [1.82, 2.24) is 0 Å². The highest BCUT2D eigenvalue weighted by Gasteiger charge is 2.18. The number of halogens is 1. The largest absolute Gasteiger partial charge is 0.481 e. The van der Waals surface area contributed by atoms with Crippen molar-refractivity contribution in [3.63, 3.8) is 0 Å². The van der Waals surface area contributed by atoms with Crippen molar-refractivity contribution in [2.45, 2.75) is 26.4 Å². The van der Waals surface area contributed by atoms with Gasteiger partial charge in [-0.05, 0) is 55.3 Å². The van der Waals surface area contributed by atoms with E-state index in [1.54, 1.807) is 0 Å². The molecule has 0 saturated carbocycles. The van der Waals surface area contributed by atoms with E-state index in [0.717, 1.165) is 11.3 Å². The van der Waals surface area contributed by atoms with E-state index in [2.05, 4.69) is 5.32 Å². The van der Waals surface area contributed by atoms with Crippen molar-refractivity contribution in [1.29, 1.82) is 0 Å². The van der Waals surface area contributed by atoms with Crippen LogP contribution in [-0.2, 0) is 4.79 Å². The van der Waals surface area contributed by atoms with Gasteiger partial charge in [0, 0.05) is 5.69 Å². The van der Waals surface area contributed by atoms with Gasteiger partial charge < -0.3 is 10.1 Å². The summed E-state index contributed by atoms with van der Waals surface area (Å²) in [6.45, 7) is 3.83. The van der Waals surface area contributed by atoms with Crippen LogP contribution in [0, 0.1) is 12.7 Å². The Morgan fingerprint density at radius 2 is 1.95 bits per heavy atom. The van der Waals surface area contributed by atoms with E-state index in [9.17, 15) is 9.18 Å². The van der Waals surface area contributed by atoms with E-state index < -0.39 is 6.10 Å². The smallest absolute Gasteiger partial charge is 0.265 e. The molecular formula is C17H18FNO2. The summed E-state index contributed by atoms with van der Waals surface area (Å²) in [5.74, 6) is -0.0744. The Morgan fingerprint density at radius 1 is 1.24 bits per heavy atom. The molecule has 1 N–H and O–H groups in total. The second-order valence-electron chi connectivity index (χ2n) is 4.83. The lowest BCUT2D eigenvalue weighted by Gasteiger charge is -2.17. The average molecular weight is 287 g/mol. The SMILES string of the molecule is CC[C@H](Oc1ccc(F)cc1)C(=O)Nc1cccc(C)c1. The maximum atomic E-state index is 12.9. The van der Waals surface area contributed by atoms with Gasteiger partial charge in [0.15, 0.2) is 6.10 Å². The Kier molecular flexibility index (Phi) is 4.93. The Morgan fingerprint density at radius 3 is 2.57 bits per heavy atom. The maximum Gasteiger partial charge on any atom is 0.265 e. The molecule has 0 aliphatic heterocycles. The van der Waals surface area contributed by atoms with Gasteiger partial charge in [0.05, 0.1) is 0 Å². The van der Waals surface area contributed by atoms with Gasteiger partial charge in [0.25, 0.3) is 5.91 Å². The van der Waals surface area contributed by atoms with Crippen molar-refractivity contribution in [3.05, 3.63) is 59.9 Å². The van der Waals surface area contributed by atoms with E-state index in [0.29, 0.717) is 12.2 Å². The molecular weight excluding hydrogens is 269 g/mol. The molecule has 0 fully saturated rings. The van der Waals surface area contributed by atoms with Gasteiger partial charge in [-0.15, -0.1) is 0 Å². The molecule has 1 atom stereocenters. The van der Waals surface area contributed by atoms with Crippen LogP contribution >= 0.6 is 0 Å². The quantitative estimate of drug-likeness (QED) is 0.905. The van der Waals surface area contributed by atoms with Crippen molar-refractivity contribution >= 4 is 11.6 Å². The fourth-order valence-electron chi connectivity index (χ4n) is 1.95. The van der Waals surface area contributed by atoms with Crippen LogP contribution in [0.3, 0.4) is 0 Å². The Bertz CT molecular complexity index is 610. The monoisotopic (exact) mass is 287 g/mol. The summed E-state index contributed by atoms with van der Waals surface area (Å²) in [6.07, 6.45) is -0.0920. The molecule has 0 aliphatic rings. The van der Waals surface area contributed by atoms with Gasteiger partial charge in [0.2, 0.25) is 0 Å². The maximum absolute atomic E-state index is 12.9. The van der Waals surface area contributed by atoms with Gasteiger partial charge in [-0.2, -0.15) is 0 Å². The van der Waals surface area contributed by atoms with Crippen molar-refractivity contribution < 1.29 is 13.9 Å². The molecule has 3 nitrogen and oxygen atoms in total. The summed E-state index contributed by atoms with van der Waals surface area (Å²) in [5, 5.41) is 2.83. The Labute approximate surface area is 123 Å². The third kappa shape index (κ3) is 4.31. The highest BCUT2D eigenvalue weighted by molar-refractivity contribution is 5.94. The average Bonchev–Trinajstić information content (AvgIpc) is 2.46. The molecule has 2 aromatic carbocycles. The van der Waals surface area contributed by atoms with Crippen LogP contribution in [0.1, 0.15) is 18.9 Å². The first kappa shape index (κ1) is 15.0. The Hall–Kier alpha value is -2.36. The zero-order chi connectivity index (χ0) is 15.2. The molecule has 2 rings (SSSR count). The summed E-state index contributed by atoms with van der Waals surface area (Å²) < 4.78 is 18.5. The number of carbonyl (C=O) groups excluding carboxylic acids is 1. The van der Waals surface area contributed by atoms with Gasteiger partial charge in [-0.1, -0.05) is 19.1 Å². The first-order chi connectivity index (χ1) is 10.1. The molecule has 4 heteroatoms. The summed E-state index contributed by atoms with van der Waals surface area (Å²) in [6, 6.07) is 13.2. The molecule has 0 saturated heterocycles. The summed E-state index contributed by atoms with van der Waals surface area (Å²) in [4.78, 5) is 12.2. The van der Waals surface area contributed by atoms with Gasteiger partial charge >= 0.3 is 0 Å². The van der Waals surface area contributed by atoms with Crippen LogP contribution in [0.15, 0.2) is 48.5 Å². The molecule has 0 unspecified atom stereocenters. The molecule has 0 aliphatic carbocycles.